The number of hydrogen-bond acceptors (Lipinski definition) is 2. The Morgan fingerprint density at radius 1 is 1.38 bits per heavy atom. The quantitative estimate of drug-likeness (QED) is 0.527. The van der Waals surface area contributed by atoms with Crippen molar-refractivity contribution >= 4 is 11.7 Å². The first-order valence-corrected chi connectivity index (χ1v) is 5.06. The van der Waals surface area contributed by atoms with Crippen LogP contribution in [-0.4, -0.2) is 18.2 Å². The first kappa shape index (κ1) is 10.2. The minimum atomic E-state index is -0.347. The number of nitrogens with one attached hydrogen (secondary N) is 1. The van der Waals surface area contributed by atoms with Crippen molar-refractivity contribution in [1.29, 1.82) is 0 Å². The molecule has 1 fully saturated rings. The van der Waals surface area contributed by atoms with Crippen molar-refractivity contribution in [3.05, 3.63) is 0 Å². The molecule has 0 radical (unpaired) electrons. The summed E-state index contributed by atoms with van der Waals surface area (Å²) < 4.78 is 0. The maximum atomic E-state index is 11.3. The fraction of sp³-hybridized carbons (Fsp3) is 0.800. The molecule has 0 spiro atoms. The van der Waals surface area contributed by atoms with Gasteiger partial charge in [0.15, 0.2) is 0 Å². The molecule has 1 amide bonds. The summed E-state index contributed by atoms with van der Waals surface area (Å²) in [6.45, 7) is 2.64. The molecule has 0 aliphatic carbocycles. The van der Waals surface area contributed by atoms with Crippen LogP contribution in [-0.2, 0) is 9.59 Å². The molecule has 1 unspecified atom stereocenters. The number of carbonyl (C=O) groups excluding carboxylic acids is 2. The predicted molar refractivity (Wildman–Crippen MR) is 50.3 cm³/mol. The lowest BCUT2D eigenvalue weighted by molar-refractivity contribution is -0.137. The number of Topliss-reactive ketones (excluding diaryl/α,β-unsaturated/α-hetero) is 1. The lowest BCUT2D eigenvalue weighted by Crippen LogP contribution is -2.42. The molecule has 1 saturated heterocycles. The number of piperidine rings is 1. The fourth-order valence-corrected chi connectivity index (χ4v) is 1.64. The van der Waals surface area contributed by atoms with Crippen LogP contribution in [0.1, 0.15) is 39.0 Å². The van der Waals surface area contributed by atoms with Gasteiger partial charge >= 0.3 is 0 Å². The minimum absolute atomic E-state index is 0.0626. The number of amides is 1. The molecule has 0 aromatic carbocycles. The fourth-order valence-electron chi connectivity index (χ4n) is 1.64. The van der Waals surface area contributed by atoms with Crippen LogP contribution in [0.5, 0.6) is 0 Å². The number of hydrogen-bond donors (Lipinski definition) is 1. The van der Waals surface area contributed by atoms with Crippen LogP contribution in [0.2, 0.25) is 0 Å². The van der Waals surface area contributed by atoms with E-state index in [2.05, 4.69) is 12.2 Å². The SMILES string of the molecule is CCCCCC1C(=O)CCNC1=O. The Balaban J connectivity index is 2.35. The molecule has 0 saturated carbocycles. The average Bonchev–Trinajstić information content (AvgIpc) is 2.10. The number of ketones is 1. The molecule has 74 valence electrons. The van der Waals surface area contributed by atoms with Crippen molar-refractivity contribution in [3.63, 3.8) is 0 Å². The zero-order valence-corrected chi connectivity index (χ0v) is 8.14. The van der Waals surface area contributed by atoms with E-state index in [1.165, 1.54) is 0 Å². The van der Waals surface area contributed by atoms with E-state index in [0.717, 1.165) is 25.7 Å². The summed E-state index contributed by atoms with van der Waals surface area (Å²) in [7, 11) is 0. The Kier molecular flexibility index (Phi) is 3.93. The Labute approximate surface area is 78.9 Å². The largest absolute Gasteiger partial charge is 0.355 e. The van der Waals surface area contributed by atoms with Crippen molar-refractivity contribution in [3.8, 4) is 0 Å². The Morgan fingerprint density at radius 3 is 2.77 bits per heavy atom. The molecule has 1 aliphatic heterocycles. The van der Waals surface area contributed by atoms with Gasteiger partial charge in [-0.15, -0.1) is 0 Å². The van der Waals surface area contributed by atoms with E-state index >= 15 is 0 Å². The highest BCUT2D eigenvalue weighted by Gasteiger charge is 2.28. The van der Waals surface area contributed by atoms with E-state index in [1.54, 1.807) is 0 Å². The second kappa shape index (κ2) is 5.00. The molecule has 0 bridgehead atoms. The van der Waals surface area contributed by atoms with Crippen LogP contribution in [0, 0.1) is 5.92 Å². The summed E-state index contributed by atoms with van der Waals surface area (Å²) in [4.78, 5) is 22.6. The van der Waals surface area contributed by atoms with Gasteiger partial charge in [0.2, 0.25) is 5.91 Å². The van der Waals surface area contributed by atoms with E-state index in [0.29, 0.717) is 13.0 Å². The zero-order chi connectivity index (χ0) is 9.68. The van der Waals surface area contributed by atoms with Crippen molar-refractivity contribution in [2.75, 3.05) is 6.54 Å². The lowest BCUT2D eigenvalue weighted by Gasteiger charge is -2.20. The van der Waals surface area contributed by atoms with Crippen LogP contribution in [0.15, 0.2) is 0 Å². The highest BCUT2D eigenvalue weighted by molar-refractivity contribution is 6.03. The summed E-state index contributed by atoms with van der Waals surface area (Å²) >= 11 is 0. The Bertz CT molecular complexity index is 185. The van der Waals surface area contributed by atoms with Crippen molar-refractivity contribution in [2.45, 2.75) is 39.0 Å². The number of unbranched alkanes of at least 4 members (excludes halogenated alkanes) is 2. The first-order valence-electron chi connectivity index (χ1n) is 5.06. The average molecular weight is 183 g/mol. The van der Waals surface area contributed by atoms with Gasteiger partial charge in [0.25, 0.3) is 0 Å². The Morgan fingerprint density at radius 2 is 2.15 bits per heavy atom. The lowest BCUT2D eigenvalue weighted by atomic mass is 9.91. The molecule has 0 aromatic rings. The molecule has 3 heteroatoms. The van der Waals surface area contributed by atoms with Crippen LogP contribution >= 0.6 is 0 Å². The van der Waals surface area contributed by atoms with Gasteiger partial charge in [0.1, 0.15) is 5.78 Å². The summed E-state index contributed by atoms with van der Waals surface area (Å²) in [5.74, 6) is -0.285. The molecule has 1 aliphatic rings. The van der Waals surface area contributed by atoms with Crippen LogP contribution < -0.4 is 5.32 Å². The second-order valence-electron chi connectivity index (χ2n) is 3.56. The molecule has 0 aromatic heterocycles. The summed E-state index contributed by atoms with van der Waals surface area (Å²) in [6, 6.07) is 0. The monoisotopic (exact) mass is 183 g/mol. The van der Waals surface area contributed by atoms with Crippen LogP contribution in [0.25, 0.3) is 0 Å². The van der Waals surface area contributed by atoms with Crippen molar-refractivity contribution in [2.24, 2.45) is 5.92 Å². The van der Waals surface area contributed by atoms with Crippen LogP contribution in [0.3, 0.4) is 0 Å². The van der Waals surface area contributed by atoms with Gasteiger partial charge in [0, 0.05) is 13.0 Å². The predicted octanol–water partition coefficient (Wildman–Crippen LogP) is 1.27. The van der Waals surface area contributed by atoms with E-state index in [4.69, 9.17) is 0 Å². The topological polar surface area (TPSA) is 46.2 Å². The van der Waals surface area contributed by atoms with E-state index in [9.17, 15) is 9.59 Å². The molecular formula is C10H17NO2. The normalized spacial score (nSPS) is 23.0. The number of rotatable bonds is 4. The van der Waals surface area contributed by atoms with E-state index in [-0.39, 0.29) is 17.6 Å². The minimum Gasteiger partial charge on any atom is -0.355 e. The third kappa shape index (κ3) is 2.83. The second-order valence-corrected chi connectivity index (χ2v) is 3.56. The smallest absolute Gasteiger partial charge is 0.230 e. The third-order valence-corrected chi connectivity index (χ3v) is 2.47. The van der Waals surface area contributed by atoms with E-state index < -0.39 is 0 Å². The Hall–Kier alpha value is -0.860. The van der Waals surface area contributed by atoms with Crippen LogP contribution in [0.4, 0.5) is 0 Å². The van der Waals surface area contributed by atoms with Gasteiger partial charge in [0.05, 0.1) is 5.92 Å². The van der Waals surface area contributed by atoms with Gasteiger partial charge in [-0.3, -0.25) is 9.59 Å². The van der Waals surface area contributed by atoms with E-state index in [1.807, 2.05) is 0 Å². The standard InChI is InChI=1S/C10H17NO2/c1-2-3-4-5-8-9(12)6-7-11-10(8)13/h8H,2-7H2,1H3,(H,11,13). The molecule has 1 rings (SSSR count). The molecule has 1 atom stereocenters. The molecule has 1 heterocycles. The molecule has 1 N–H and O–H groups in total. The highest BCUT2D eigenvalue weighted by atomic mass is 16.2. The summed E-state index contributed by atoms with van der Waals surface area (Å²) in [5, 5.41) is 2.73. The van der Waals surface area contributed by atoms with Crippen molar-refractivity contribution in [1.82, 2.24) is 5.32 Å². The van der Waals surface area contributed by atoms with Gasteiger partial charge in [-0.25, -0.2) is 0 Å². The summed E-state index contributed by atoms with van der Waals surface area (Å²) in [5.41, 5.74) is 0. The summed E-state index contributed by atoms with van der Waals surface area (Å²) in [6.07, 6.45) is 4.47. The van der Waals surface area contributed by atoms with Gasteiger partial charge in [-0.2, -0.15) is 0 Å². The highest BCUT2D eigenvalue weighted by Crippen LogP contribution is 2.15. The first-order chi connectivity index (χ1) is 6.25. The van der Waals surface area contributed by atoms with Crippen molar-refractivity contribution < 1.29 is 9.59 Å². The van der Waals surface area contributed by atoms with Gasteiger partial charge in [-0.1, -0.05) is 26.2 Å². The molecular weight excluding hydrogens is 166 g/mol. The number of carbonyl (C=O) groups is 2. The maximum Gasteiger partial charge on any atom is 0.230 e. The van der Waals surface area contributed by atoms with Gasteiger partial charge in [-0.05, 0) is 6.42 Å². The zero-order valence-electron chi connectivity index (χ0n) is 8.14. The maximum absolute atomic E-state index is 11.3. The molecule has 3 nitrogen and oxygen atoms in total. The third-order valence-electron chi connectivity index (χ3n) is 2.47. The molecule has 13 heavy (non-hydrogen) atoms. The van der Waals surface area contributed by atoms with Gasteiger partial charge < -0.3 is 5.32 Å².